The molecular formula is C47H44N6O7S2. The monoisotopic (exact) mass is 868 g/mol. The number of esters is 2. The van der Waals surface area contributed by atoms with E-state index in [2.05, 4.69) is 20.4 Å². The molecule has 1 fully saturated rings. The number of allylic oxidation sites excluding steroid dienone is 2. The molecule has 316 valence electrons. The summed E-state index contributed by atoms with van der Waals surface area (Å²) in [7, 11) is 0. The lowest BCUT2D eigenvalue weighted by atomic mass is 9.80. The molecular weight excluding hydrogens is 825 g/mol. The van der Waals surface area contributed by atoms with Crippen molar-refractivity contribution in [3.8, 4) is 0 Å². The van der Waals surface area contributed by atoms with Crippen molar-refractivity contribution in [3.63, 3.8) is 0 Å². The van der Waals surface area contributed by atoms with Crippen molar-refractivity contribution in [2.24, 2.45) is 11.1 Å². The number of rotatable bonds is 16. The molecule has 0 bridgehead atoms. The molecule has 4 heterocycles. The Hall–Kier alpha value is -6.84. The predicted molar refractivity (Wildman–Crippen MR) is 239 cm³/mol. The molecule has 15 heteroatoms. The maximum absolute atomic E-state index is 14.5. The summed E-state index contributed by atoms with van der Waals surface area (Å²) in [5.41, 5.74) is 8.35. The van der Waals surface area contributed by atoms with Gasteiger partial charge in [0.1, 0.15) is 29.4 Å². The van der Waals surface area contributed by atoms with Gasteiger partial charge in [-0.05, 0) is 30.0 Å². The van der Waals surface area contributed by atoms with E-state index in [-0.39, 0.29) is 52.7 Å². The summed E-state index contributed by atoms with van der Waals surface area (Å²) in [6, 6.07) is 31.2. The molecule has 0 aliphatic carbocycles. The first kappa shape index (κ1) is 43.3. The Morgan fingerprint density at radius 2 is 1.58 bits per heavy atom. The number of nitrogens with zero attached hydrogens (tertiary/aromatic N) is 4. The lowest BCUT2D eigenvalue weighted by molar-refractivity contribution is -0.152. The van der Waals surface area contributed by atoms with Gasteiger partial charge in [0, 0.05) is 40.2 Å². The molecule has 0 unspecified atom stereocenters. The minimum Gasteiger partial charge on any atom is -0.462 e. The smallest absolute Gasteiger partial charge is 0.355 e. The van der Waals surface area contributed by atoms with Crippen LogP contribution < -0.4 is 11.1 Å². The second kappa shape index (κ2) is 19.7. The van der Waals surface area contributed by atoms with Crippen molar-refractivity contribution in [1.82, 2.24) is 20.2 Å². The molecule has 2 aliphatic rings. The molecule has 3 aromatic carbocycles. The maximum atomic E-state index is 14.5. The zero-order valence-corrected chi connectivity index (χ0v) is 35.8. The minimum absolute atomic E-state index is 0.00162. The quantitative estimate of drug-likeness (QED) is 0.0264. The van der Waals surface area contributed by atoms with E-state index in [1.54, 1.807) is 42.9 Å². The number of thiazole rings is 1. The minimum atomic E-state index is -1.32. The van der Waals surface area contributed by atoms with Gasteiger partial charge in [0.2, 0.25) is 5.60 Å². The number of β-lactam (4-membered cyclic amide) rings is 1. The van der Waals surface area contributed by atoms with E-state index < -0.39 is 40.8 Å². The van der Waals surface area contributed by atoms with Crippen LogP contribution in [0.15, 0.2) is 155 Å². The second-order valence-corrected chi connectivity index (χ2v) is 16.6. The number of ether oxygens (including phenoxy) is 2. The van der Waals surface area contributed by atoms with Gasteiger partial charge >= 0.3 is 11.9 Å². The van der Waals surface area contributed by atoms with Crippen LogP contribution in [0.2, 0.25) is 0 Å². The van der Waals surface area contributed by atoms with Crippen LogP contribution in [-0.2, 0) is 39.1 Å². The highest BCUT2D eigenvalue weighted by Gasteiger charge is 2.54. The number of anilines is 1. The molecule has 0 saturated carbocycles. The molecule has 2 atom stereocenters. The molecule has 13 nitrogen and oxygen atoms in total. The SMILES string of the molecule is C/C=C(\COC(=O)C1=C(/C=C\c2cccnc2)CS[C@@H]2[C@H](NC(=O)C(=NOC(c3ccccc3)(c3ccccc3)c3ccccc3)c3csc(N)n3)C(=O)N12)C(=O)OCC(C)C. The molecule has 62 heavy (non-hydrogen) atoms. The van der Waals surface area contributed by atoms with Gasteiger partial charge in [0.05, 0.1) is 12.2 Å². The second-order valence-electron chi connectivity index (χ2n) is 14.6. The van der Waals surface area contributed by atoms with E-state index in [4.69, 9.17) is 20.0 Å². The third-order valence-electron chi connectivity index (χ3n) is 9.95. The molecule has 7 rings (SSSR count). The van der Waals surface area contributed by atoms with Crippen molar-refractivity contribution >= 4 is 63.8 Å². The summed E-state index contributed by atoms with van der Waals surface area (Å²) in [6.45, 7) is 5.31. The van der Waals surface area contributed by atoms with E-state index in [0.29, 0.717) is 5.57 Å². The Morgan fingerprint density at radius 3 is 2.13 bits per heavy atom. The maximum Gasteiger partial charge on any atom is 0.355 e. The van der Waals surface area contributed by atoms with Crippen LogP contribution in [0.25, 0.3) is 6.08 Å². The van der Waals surface area contributed by atoms with Crippen LogP contribution in [0.4, 0.5) is 5.13 Å². The zero-order chi connectivity index (χ0) is 43.6. The first-order valence-electron chi connectivity index (χ1n) is 19.8. The van der Waals surface area contributed by atoms with E-state index in [1.165, 1.54) is 22.7 Å². The fourth-order valence-corrected chi connectivity index (χ4v) is 8.71. The Kier molecular flexibility index (Phi) is 13.7. The highest BCUT2D eigenvalue weighted by molar-refractivity contribution is 8.00. The highest BCUT2D eigenvalue weighted by atomic mass is 32.2. The van der Waals surface area contributed by atoms with Crippen molar-refractivity contribution in [3.05, 3.63) is 178 Å². The first-order chi connectivity index (χ1) is 30.1. The number of aromatic nitrogens is 2. The van der Waals surface area contributed by atoms with Gasteiger partial charge in [-0.1, -0.05) is 134 Å². The van der Waals surface area contributed by atoms with E-state index in [1.807, 2.05) is 111 Å². The standard InChI is InChI=1S/C47H44N6O7S2/c1-4-32(44(56)58-26-30(2)3)27-59-45(57)40-33(23-22-31-15-14-24-49-25-31)28-61-43-39(42(55)53(40)43)51-41(54)38(37-29-62-46(48)50-37)52-60-47(34-16-8-5-9-17-34,35-18-10-6-11-19-35)36-20-12-7-13-21-36/h4-25,29-30,39,43H,26-28H2,1-3H3,(H2,48,50)(H,51,54)/b23-22-,32-4+,52-38?/t39-,43-/m1/s1. The molecule has 2 aliphatic heterocycles. The third-order valence-corrected chi connectivity index (χ3v) is 11.9. The number of pyridine rings is 1. The zero-order valence-electron chi connectivity index (χ0n) is 34.2. The number of fused-ring (bicyclic) bond motifs is 1. The number of carbonyl (C=O) groups excluding carboxylic acids is 4. The fourth-order valence-electron chi connectivity index (χ4n) is 6.84. The Bertz CT molecular complexity index is 2430. The van der Waals surface area contributed by atoms with E-state index in [9.17, 15) is 19.2 Å². The molecule has 5 aromatic rings. The van der Waals surface area contributed by atoms with E-state index >= 15 is 0 Å². The summed E-state index contributed by atoms with van der Waals surface area (Å²) in [4.78, 5) is 71.9. The normalized spacial score (nSPS) is 16.8. The number of amides is 2. The molecule has 2 amide bonds. The van der Waals surface area contributed by atoms with Gasteiger partial charge in [-0.25, -0.2) is 14.6 Å². The number of benzene rings is 3. The summed E-state index contributed by atoms with van der Waals surface area (Å²) in [5, 5.41) is 8.51. The average molecular weight is 869 g/mol. The molecule has 2 aromatic heterocycles. The predicted octanol–water partition coefficient (Wildman–Crippen LogP) is 6.89. The average Bonchev–Trinajstić information content (AvgIpc) is 3.74. The van der Waals surface area contributed by atoms with Crippen molar-refractivity contribution in [1.29, 1.82) is 0 Å². The topological polar surface area (TPSA) is 175 Å². The van der Waals surface area contributed by atoms with Crippen LogP contribution in [0, 0.1) is 5.92 Å². The summed E-state index contributed by atoms with van der Waals surface area (Å²) in [5.74, 6) is -2.32. The lowest BCUT2D eigenvalue weighted by Gasteiger charge is -2.49. The summed E-state index contributed by atoms with van der Waals surface area (Å²) >= 11 is 2.48. The first-order valence-corrected chi connectivity index (χ1v) is 21.7. The Balaban J connectivity index is 1.19. The number of nitrogen functional groups attached to an aromatic ring is 1. The van der Waals surface area contributed by atoms with Crippen LogP contribution in [0.1, 0.15) is 48.7 Å². The number of nitrogens with two attached hydrogens (primary N) is 1. The molecule has 0 spiro atoms. The largest absolute Gasteiger partial charge is 0.462 e. The number of thioether (sulfide) groups is 1. The van der Waals surface area contributed by atoms with Gasteiger partial charge in [0.15, 0.2) is 10.8 Å². The number of hydrogen-bond donors (Lipinski definition) is 2. The molecule has 1 saturated heterocycles. The van der Waals surface area contributed by atoms with Crippen molar-refractivity contribution in [2.75, 3.05) is 24.7 Å². The van der Waals surface area contributed by atoms with Crippen LogP contribution in [0.5, 0.6) is 0 Å². The van der Waals surface area contributed by atoms with Gasteiger partial charge in [0.25, 0.3) is 11.8 Å². The highest BCUT2D eigenvalue weighted by Crippen LogP contribution is 2.43. The van der Waals surface area contributed by atoms with Crippen LogP contribution in [-0.4, -0.2) is 74.7 Å². The number of nitrogens with one attached hydrogen (secondary N) is 1. The van der Waals surface area contributed by atoms with Crippen molar-refractivity contribution < 1.29 is 33.5 Å². The van der Waals surface area contributed by atoms with Gasteiger partial charge in [-0.2, -0.15) is 0 Å². The summed E-state index contributed by atoms with van der Waals surface area (Å²) < 4.78 is 11.0. The van der Waals surface area contributed by atoms with E-state index in [0.717, 1.165) is 33.6 Å². The lowest BCUT2D eigenvalue weighted by Crippen LogP contribution is -2.71. The Morgan fingerprint density at radius 1 is 0.935 bits per heavy atom. The van der Waals surface area contributed by atoms with Crippen LogP contribution in [0.3, 0.4) is 0 Å². The van der Waals surface area contributed by atoms with Gasteiger partial charge < -0.3 is 25.4 Å². The van der Waals surface area contributed by atoms with Crippen LogP contribution >= 0.6 is 23.1 Å². The van der Waals surface area contributed by atoms with Gasteiger partial charge in [-0.15, -0.1) is 23.1 Å². The number of carbonyl (C=O) groups is 4. The van der Waals surface area contributed by atoms with Gasteiger partial charge in [-0.3, -0.25) is 19.5 Å². The Labute approximate surface area is 367 Å². The number of hydrogen-bond acceptors (Lipinski definition) is 13. The fraction of sp³-hybridized carbons (Fsp3) is 0.213. The number of oxime groups is 1. The molecule has 0 radical (unpaired) electrons. The third kappa shape index (κ3) is 9.38. The summed E-state index contributed by atoms with van der Waals surface area (Å²) in [6.07, 6.45) is 8.35. The molecule has 3 N–H and O–H groups in total. The van der Waals surface area contributed by atoms with Crippen molar-refractivity contribution in [2.45, 2.75) is 37.8 Å².